The van der Waals surface area contributed by atoms with Gasteiger partial charge in [-0.2, -0.15) is 0 Å². The van der Waals surface area contributed by atoms with E-state index in [1.165, 1.54) is 4.90 Å². The molecule has 0 bridgehead atoms. The molecule has 0 saturated carbocycles. The molecule has 0 amide bonds. The SMILES string of the molecule is CSc1ccc(NC(=S)N2CCN(C)CC2)cc1. The van der Waals surface area contributed by atoms with Crippen LogP contribution in [0.3, 0.4) is 0 Å². The van der Waals surface area contributed by atoms with Crippen LogP contribution in [0.25, 0.3) is 0 Å². The van der Waals surface area contributed by atoms with Gasteiger partial charge >= 0.3 is 0 Å². The van der Waals surface area contributed by atoms with Crippen LogP contribution in [-0.4, -0.2) is 54.4 Å². The summed E-state index contributed by atoms with van der Waals surface area (Å²) in [4.78, 5) is 5.83. The number of rotatable bonds is 2. The molecular formula is C13H19N3S2. The zero-order valence-electron chi connectivity index (χ0n) is 10.8. The highest BCUT2D eigenvalue weighted by Gasteiger charge is 2.16. The lowest BCUT2D eigenvalue weighted by molar-refractivity contribution is 0.217. The van der Waals surface area contributed by atoms with Crippen molar-refractivity contribution in [3.63, 3.8) is 0 Å². The van der Waals surface area contributed by atoms with Crippen LogP contribution in [0.5, 0.6) is 0 Å². The number of benzene rings is 1. The van der Waals surface area contributed by atoms with Crippen molar-refractivity contribution in [1.29, 1.82) is 0 Å². The highest BCUT2D eigenvalue weighted by molar-refractivity contribution is 7.98. The predicted molar refractivity (Wildman–Crippen MR) is 83.5 cm³/mol. The van der Waals surface area contributed by atoms with Gasteiger partial charge in [-0.25, -0.2) is 0 Å². The minimum Gasteiger partial charge on any atom is -0.346 e. The third kappa shape index (κ3) is 3.60. The van der Waals surface area contributed by atoms with Gasteiger partial charge in [-0.3, -0.25) is 0 Å². The molecule has 0 aromatic heterocycles. The lowest BCUT2D eigenvalue weighted by Gasteiger charge is -2.34. The van der Waals surface area contributed by atoms with E-state index in [0.717, 1.165) is 37.0 Å². The first-order valence-corrected chi connectivity index (χ1v) is 7.71. The molecule has 0 atom stereocenters. The van der Waals surface area contributed by atoms with Crippen molar-refractivity contribution in [3.8, 4) is 0 Å². The maximum atomic E-state index is 5.45. The normalized spacial score (nSPS) is 16.7. The molecule has 1 aliphatic rings. The van der Waals surface area contributed by atoms with Gasteiger partial charge in [0, 0.05) is 36.8 Å². The molecule has 18 heavy (non-hydrogen) atoms. The fourth-order valence-corrected chi connectivity index (χ4v) is 2.60. The smallest absolute Gasteiger partial charge is 0.173 e. The largest absolute Gasteiger partial charge is 0.346 e. The molecule has 1 N–H and O–H groups in total. The van der Waals surface area contributed by atoms with Crippen LogP contribution >= 0.6 is 24.0 Å². The van der Waals surface area contributed by atoms with Crippen molar-refractivity contribution < 1.29 is 0 Å². The summed E-state index contributed by atoms with van der Waals surface area (Å²) >= 11 is 7.20. The van der Waals surface area contributed by atoms with Gasteiger partial charge in [0.1, 0.15) is 0 Å². The molecule has 0 spiro atoms. The summed E-state index contributed by atoms with van der Waals surface area (Å²) in [7, 11) is 2.15. The number of nitrogens with one attached hydrogen (secondary N) is 1. The first-order valence-electron chi connectivity index (χ1n) is 6.07. The fourth-order valence-electron chi connectivity index (χ4n) is 1.89. The molecule has 0 unspecified atom stereocenters. The van der Waals surface area contributed by atoms with Crippen LogP contribution < -0.4 is 5.32 Å². The lowest BCUT2D eigenvalue weighted by atomic mass is 10.3. The molecule has 1 fully saturated rings. The van der Waals surface area contributed by atoms with Crippen molar-refractivity contribution >= 4 is 34.8 Å². The standard InChI is InChI=1S/C13H19N3S2/c1-15-7-9-16(10-8-15)13(17)14-11-3-5-12(18-2)6-4-11/h3-6H,7-10H2,1-2H3,(H,14,17). The minimum atomic E-state index is 0.833. The van der Waals surface area contributed by atoms with E-state index in [4.69, 9.17) is 12.2 Å². The van der Waals surface area contributed by atoms with E-state index in [2.05, 4.69) is 52.7 Å². The number of nitrogens with zero attached hydrogens (tertiary/aromatic N) is 2. The Labute approximate surface area is 119 Å². The molecule has 5 heteroatoms. The molecule has 3 nitrogen and oxygen atoms in total. The van der Waals surface area contributed by atoms with Crippen molar-refractivity contribution in [2.45, 2.75) is 4.90 Å². The molecule has 1 aromatic rings. The Balaban J connectivity index is 1.90. The molecule has 1 saturated heterocycles. The van der Waals surface area contributed by atoms with E-state index < -0.39 is 0 Å². The van der Waals surface area contributed by atoms with Crippen LogP contribution in [0, 0.1) is 0 Å². The molecule has 2 rings (SSSR count). The second-order valence-electron chi connectivity index (χ2n) is 4.45. The van der Waals surface area contributed by atoms with E-state index in [0.29, 0.717) is 0 Å². The molecule has 1 heterocycles. The van der Waals surface area contributed by atoms with Crippen LogP contribution in [0.4, 0.5) is 5.69 Å². The number of thioether (sulfide) groups is 1. The molecular weight excluding hydrogens is 262 g/mol. The minimum absolute atomic E-state index is 0.833. The van der Waals surface area contributed by atoms with E-state index in [1.54, 1.807) is 11.8 Å². The first-order chi connectivity index (χ1) is 8.69. The third-order valence-corrected chi connectivity index (χ3v) is 4.24. The van der Waals surface area contributed by atoms with Crippen LogP contribution in [0.1, 0.15) is 0 Å². The van der Waals surface area contributed by atoms with Gasteiger partial charge < -0.3 is 15.1 Å². The number of hydrogen-bond acceptors (Lipinski definition) is 3. The fraction of sp³-hybridized carbons (Fsp3) is 0.462. The number of anilines is 1. The van der Waals surface area contributed by atoms with E-state index in [9.17, 15) is 0 Å². The average molecular weight is 281 g/mol. The monoisotopic (exact) mass is 281 g/mol. The number of likely N-dealkylation sites (N-methyl/N-ethyl adjacent to an activating group) is 1. The quantitative estimate of drug-likeness (QED) is 0.660. The Morgan fingerprint density at radius 2 is 1.78 bits per heavy atom. The first kappa shape index (κ1) is 13.6. The molecule has 98 valence electrons. The summed E-state index contributed by atoms with van der Waals surface area (Å²) in [6, 6.07) is 8.38. The number of piperazine rings is 1. The van der Waals surface area contributed by atoms with Crippen molar-refractivity contribution in [3.05, 3.63) is 24.3 Å². The summed E-state index contributed by atoms with van der Waals surface area (Å²) in [5, 5.41) is 4.14. The van der Waals surface area contributed by atoms with Gasteiger partial charge in [0.05, 0.1) is 0 Å². The van der Waals surface area contributed by atoms with E-state index in [-0.39, 0.29) is 0 Å². The Morgan fingerprint density at radius 1 is 1.17 bits per heavy atom. The third-order valence-electron chi connectivity index (χ3n) is 3.13. The summed E-state index contributed by atoms with van der Waals surface area (Å²) in [6.07, 6.45) is 2.08. The highest BCUT2D eigenvalue weighted by atomic mass is 32.2. The van der Waals surface area contributed by atoms with Crippen LogP contribution in [0.2, 0.25) is 0 Å². The summed E-state index contributed by atoms with van der Waals surface area (Å²) in [6.45, 7) is 4.16. The molecule has 1 aromatic carbocycles. The summed E-state index contributed by atoms with van der Waals surface area (Å²) < 4.78 is 0. The second kappa shape index (κ2) is 6.41. The highest BCUT2D eigenvalue weighted by Crippen LogP contribution is 2.17. The van der Waals surface area contributed by atoms with Gasteiger partial charge in [0.2, 0.25) is 0 Å². The second-order valence-corrected chi connectivity index (χ2v) is 5.72. The van der Waals surface area contributed by atoms with Crippen molar-refractivity contribution in [2.75, 3.05) is 44.8 Å². The maximum absolute atomic E-state index is 5.45. The Hall–Kier alpha value is -0.780. The zero-order valence-corrected chi connectivity index (χ0v) is 12.5. The van der Waals surface area contributed by atoms with Gasteiger partial charge in [0.15, 0.2) is 5.11 Å². The van der Waals surface area contributed by atoms with Gasteiger partial charge in [-0.1, -0.05) is 0 Å². The summed E-state index contributed by atoms with van der Waals surface area (Å²) in [5.74, 6) is 0. The van der Waals surface area contributed by atoms with Gasteiger partial charge in [-0.05, 0) is 49.8 Å². The molecule has 0 radical (unpaired) electrons. The Bertz CT molecular complexity index is 397. The van der Waals surface area contributed by atoms with Crippen LogP contribution in [-0.2, 0) is 0 Å². The van der Waals surface area contributed by atoms with E-state index in [1.807, 2.05) is 0 Å². The number of thiocarbonyl (C=S) groups is 1. The maximum Gasteiger partial charge on any atom is 0.173 e. The lowest BCUT2D eigenvalue weighted by Crippen LogP contribution is -2.48. The van der Waals surface area contributed by atoms with E-state index >= 15 is 0 Å². The Kier molecular flexibility index (Phi) is 4.86. The predicted octanol–water partition coefficient (Wildman–Crippen LogP) is 2.35. The summed E-state index contributed by atoms with van der Waals surface area (Å²) in [5.41, 5.74) is 1.07. The molecule has 0 aliphatic carbocycles. The van der Waals surface area contributed by atoms with Gasteiger partial charge in [-0.15, -0.1) is 11.8 Å². The van der Waals surface area contributed by atoms with Crippen LogP contribution in [0.15, 0.2) is 29.2 Å². The Morgan fingerprint density at radius 3 is 2.33 bits per heavy atom. The molecule has 1 aliphatic heterocycles. The van der Waals surface area contributed by atoms with Crippen molar-refractivity contribution in [2.24, 2.45) is 0 Å². The van der Waals surface area contributed by atoms with Gasteiger partial charge in [0.25, 0.3) is 0 Å². The topological polar surface area (TPSA) is 18.5 Å². The zero-order chi connectivity index (χ0) is 13.0. The average Bonchev–Trinajstić information content (AvgIpc) is 2.40. The van der Waals surface area contributed by atoms with Crippen molar-refractivity contribution in [1.82, 2.24) is 9.80 Å². The number of hydrogen-bond donors (Lipinski definition) is 1.